The highest BCUT2D eigenvalue weighted by atomic mass is 79.9. The van der Waals surface area contributed by atoms with Crippen LogP contribution in [0.5, 0.6) is 0 Å². The fourth-order valence-electron chi connectivity index (χ4n) is 1.71. The molecule has 1 aromatic carbocycles. The molecule has 0 radical (unpaired) electrons. The number of sulfonamides is 1. The molecule has 2 N–H and O–H groups in total. The molecule has 106 valence electrons. The summed E-state index contributed by atoms with van der Waals surface area (Å²) < 4.78 is 27.5. The molecule has 0 atom stereocenters. The fraction of sp³-hybridized carbons (Fsp3) is 0.333. The maximum Gasteiger partial charge on any atom is 0.240 e. The first-order chi connectivity index (χ1) is 8.58. The number of benzene rings is 1. The third kappa shape index (κ3) is 4.89. The largest absolute Gasteiger partial charge is 0.313 e. The van der Waals surface area contributed by atoms with Crippen molar-refractivity contribution in [1.29, 1.82) is 0 Å². The van der Waals surface area contributed by atoms with Crippen LogP contribution in [0.15, 0.2) is 45.3 Å². The van der Waals surface area contributed by atoms with Crippen molar-refractivity contribution in [3.63, 3.8) is 0 Å². The summed E-state index contributed by atoms with van der Waals surface area (Å²) >= 11 is 3.28. The molecule has 19 heavy (non-hydrogen) atoms. The van der Waals surface area contributed by atoms with Crippen molar-refractivity contribution in [2.45, 2.75) is 11.3 Å². The maximum absolute atomic E-state index is 12.0. The molecule has 4 nitrogen and oxygen atoms in total. The van der Waals surface area contributed by atoms with Gasteiger partial charge in [0.25, 0.3) is 0 Å². The smallest absolute Gasteiger partial charge is 0.240 e. The third-order valence-electron chi connectivity index (χ3n) is 2.77. The fourth-order valence-corrected chi connectivity index (χ4v) is 3.02. The summed E-state index contributed by atoms with van der Waals surface area (Å²) in [6.45, 7) is 2.11. The highest BCUT2D eigenvalue weighted by molar-refractivity contribution is 9.10. The Morgan fingerprint density at radius 2 is 1.95 bits per heavy atom. The number of rotatable bonds is 4. The number of halogens is 2. The molecule has 2 rings (SSSR count). The molecular weight excluding hydrogens is 352 g/mol. The SMILES string of the molecule is Cl.O=S(=O)(NCC1=CCNCC1)c1ccc(Br)cc1. The Hall–Kier alpha value is -0.400. The van der Waals surface area contributed by atoms with E-state index in [1.54, 1.807) is 24.3 Å². The predicted molar refractivity (Wildman–Crippen MR) is 82.1 cm³/mol. The standard InChI is InChI=1S/C12H15BrN2O2S.ClH/c13-11-1-3-12(4-2-11)18(16,17)15-9-10-5-7-14-8-6-10;/h1-5,14-15H,6-9H2;1H. The van der Waals surface area contributed by atoms with E-state index in [9.17, 15) is 8.42 Å². The highest BCUT2D eigenvalue weighted by Gasteiger charge is 2.14. The van der Waals surface area contributed by atoms with Crippen LogP contribution in [0.3, 0.4) is 0 Å². The van der Waals surface area contributed by atoms with E-state index in [0.717, 1.165) is 29.6 Å². The lowest BCUT2D eigenvalue weighted by Gasteiger charge is -2.14. The molecule has 0 saturated carbocycles. The molecule has 1 heterocycles. The summed E-state index contributed by atoms with van der Waals surface area (Å²) in [5.74, 6) is 0. The van der Waals surface area contributed by atoms with E-state index in [1.807, 2.05) is 6.08 Å². The molecule has 0 spiro atoms. The van der Waals surface area contributed by atoms with Gasteiger partial charge in [0.1, 0.15) is 0 Å². The topological polar surface area (TPSA) is 58.2 Å². The Labute approximate surface area is 128 Å². The van der Waals surface area contributed by atoms with Crippen molar-refractivity contribution in [2.24, 2.45) is 0 Å². The molecule has 1 aliphatic rings. The van der Waals surface area contributed by atoms with Gasteiger partial charge in [0.15, 0.2) is 0 Å². The zero-order valence-corrected chi connectivity index (χ0v) is 13.4. The van der Waals surface area contributed by atoms with Gasteiger partial charge in [-0.2, -0.15) is 0 Å². The number of hydrogen-bond donors (Lipinski definition) is 2. The minimum Gasteiger partial charge on any atom is -0.313 e. The molecule has 0 fully saturated rings. The van der Waals surface area contributed by atoms with E-state index in [0.29, 0.717) is 11.4 Å². The predicted octanol–water partition coefficient (Wildman–Crippen LogP) is 2.07. The molecule has 1 aromatic rings. The quantitative estimate of drug-likeness (QED) is 0.801. The van der Waals surface area contributed by atoms with Gasteiger partial charge in [-0.25, -0.2) is 13.1 Å². The van der Waals surface area contributed by atoms with Crippen LogP contribution in [-0.2, 0) is 10.0 Å². The normalized spacial score (nSPS) is 15.5. The molecule has 0 aliphatic carbocycles. The van der Waals surface area contributed by atoms with Gasteiger partial charge in [0.05, 0.1) is 4.90 Å². The molecular formula is C12H16BrClN2O2S. The van der Waals surface area contributed by atoms with Gasteiger partial charge in [0, 0.05) is 17.6 Å². The summed E-state index contributed by atoms with van der Waals surface area (Å²) in [5.41, 5.74) is 1.13. The first-order valence-electron chi connectivity index (χ1n) is 5.72. The van der Waals surface area contributed by atoms with Crippen molar-refractivity contribution in [3.8, 4) is 0 Å². The lowest BCUT2D eigenvalue weighted by Crippen LogP contribution is -2.29. The van der Waals surface area contributed by atoms with Crippen molar-refractivity contribution in [1.82, 2.24) is 10.0 Å². The van der Waals surface area contributed by atoms with Gasteiger partial charge < -0.3 is 5.32 Å². The second kappa shape index (κ2) is 7.40. The number of hydrogen-bond acceptors (Lipinski definition) is 3. The molecule has 0 bridgehead atoms. The van der Waals surface area contributed by atoms with Crippen molar-refractivity contribution in [3.05, 3.63) is 40.4 Å². The van der Waals surface area contributed by atoms with E-state index in [-0.39, 0.29) is 12.4 Å². The number of nitrogens with one attached hydrogen (secondary N) is 2. The summed E-state index contributed by atoms with van der Waals surface area (Å²) in [5, 5.41) is 3.19. The zero-order valence-electron chi connectivity index (χ0n) is 10.2. The maximum atomic E-state index is 12.0. The van der Waals surface area contributed by atoms with E-state index in [1.165, 1.54) is 0 Å². The van der Waals surface area contributed by atoms with Gasteiger partial charge in [-0.3, -0.25) is 0 Å². The van der Waals surface area contributed by atoms with Crippen molar-refractivity contribution >= 4 is 38.4 Å². The Morgan fingerprint density at radius 1 is 1.26 bits per heavy atom. The van der Waals surface area contributed by atoms with Gasteiger partial charge in [0.2, 0.25) is 10.0 Å². The minimum atomic E-state index is -3.41. The Bertz CT molecular complexity index is 543. The summed E-state index contributed by atoms with van der Waals surface area (Å²) in [7, 11) is -3.41. The Balaban J connectivity index is 0.00000180. The first-order valence-corrected chi connectivity index (χ1v) is 7.99. The first kappa shape index (κ1) is 16.7. The molecule has 7 heteroatoms. The van der Waals surface area contributed by atoms with Crippen LogP contribution in [0.25, 0.3) is 0 Å². The lowest BCUT2D eigenvalue weighted by molar-refractivity contribution is 0.582. The Kier molecular flexibility index (Phi) is 6.49. The van der Waals surface area contributed by atoms with E-state index >= 15 is 0 Å². The van der Waals surface area contributed by atoms with E-state index < -0.39 is 10.0 Å². The van der Waals surface area contributed by atoms with Crippen LogP contribution in [0, 0.1) is 0 Å². The zero-order chi connectivity index (χ0) is 13.0. The van der Waals surface area contributed by atoms with Gasteiger partial charge in [-0.15, -0.1) is 12.4 Å². The summed E-state index contributed by atoms with van der Waals surface area (Å²) in [6.07, 6.45) is 2.93. The average Bonchev–Trinajstić information content (AvgIpc) is 2.38. The van der Waals surface area contributed by atoms with E-state index in [2.05, 4.69) is 26.0 Å². The Morgan fingerprint density at radius 3 is 2.53 bits per heavy atom. The average molecular weight is 368 g/mol. The summed E-state index contributed by atoms with van der Waals surface area (Å²) in [4.78, 5) is 0.292. The molecule has 0 saturated heterocycles. The monoisotopic (exact) mass is 366 g/mol. The molecule has 0 unspecified atom stereocenters. The molecule has 0 aromatic heterocycles. The van der Waals surface area contributed by atoms with Crippen LogP contribution in [0.2, 0.25) is 0 Å². The van der Waals surface area contributed by atoms with Crippen LogP contribution in [-0.4, -0.2) is 28.1 Å². The van der Waals surface area contributed by atoms with Gasteiger partial charge in [-0.1, -0.05) is 27.6 Å². The van der Waals surface area contributed by atoms with Gasteiger partial charge in [-0.05, 0) is 37.2 Å². The van der Waals surface area contributed by atoms with Crippen LogP contribution in [0.4, 0.5) is 0 Å². The van der Waals surface area contributed by atoms with Gasteiger partial charge >= 0.3 is 0 Å². The second-order valence-electron chi connectivity index (χ2n) is 4.09. The molecule has 0 amide bonds. The van der Waals surface area contributed by atoms with E-state index in [4.69, 9.17) is 0 Å². The van der Waals surface area contributed by atoms with Crippen LogP contribution < -0.4 is 10.0 Å². The van der Waals surface area contributed by atoms with Crippen LogP contribution >= 0.6 is 28.3 Å². The van der Waals surface area contributed by atoms with Crippen molar-refractivity contribution < 1.29 is 8.42 Å². The van der Waals surface area contributed by atoms with Crippen LogP contribution in [0.1, 0.15) is 6.42 Å². The second-order valence-corrected chi connectivity index (χ2v) is 6.78. The third-order valence-corrected chi connectivity index (χ3v) is 4.72. The molecule has 1 aliphatic heterocycles. The lowest BCUT2D eigenvalue weighted by atomic mass is 10.1. The summed E-state index contributed by atoms with van der Waals surface area (Å²) in [6, 6.07) is 6.61. The van der Waals surface area contributed by atoms with Crippen molar-refractivity contribution in [2.75, 3.05) is 19.6 Å². The highest BCUT2D eigenvalue weighted by Crippen LogP contribution is 2.15. The minimum absolute atomic E-state index is 0.